The van der Waals surface area contributed by atoms with E-state index >= 15 is 0 Å². The van der Waals surface area contributed by atoms with Gasteiger partial charge in [0.1, 0.15) is 11.5 Å². The molecule has 2 N–H and O–H groups in total. The van der Waals surface area contributed by atoms with E-state index in [1.54, 1.807) is 14.2 Å². The first-order valence-electron chi connectivity index (χ1n) is 10.5. The van der Waals surface area contributed by atoms with Gasteiger partial charge < -0.3 is 20.1 Å². The average molecular weight is 426 g/mol. The molecule has 2 amide bonds. The summed E-state index contributed by atoms with van der Waals surface area (Å²) in [6.45, 7) is 6.40. The zero-order chi connectivity index (χ0) is 22.4. The first-order valence-corrected chi connectivity index (χ1v) is 10.5. The van der Waals surface area contributed by atoms with Crippen LogP contribution in [0.1, 0.15) is 28.7 Å². The fourth-order valence-corrected chi connectivity index (χ4v) is 3.83. The molecule has 1 aliphatic heterocycles. The Bertz CT molecular complexity index is 927. The summed E-state index contributed by atoms with van der Waals surface area (Å²) in [4.78, 5) is 27.2. The maximum Gasteiger partial charge on any atom is 0.237 e. The lowest BCUT2D eigenvalue weighted by atomic mass is 10.00. The lowest BCUT2D eigenvalue weighted by Crippen LogP contribution is -2.56. The molecule has 1 aliphatic rings. The second kappa shape index (κ2) is 10.3. The first-order chi connectivity index (χ1) is 14.9. The molecule has 7 nitrogen and oxygen atoms in total. The molecule has 1 saturated heterocycles. The number of carbonyl (C=O) groups excluding carboxylic acids is 2. The molecule has 0 bridgehead atoms. The van der Waals surface area contributed by atoms with Crippen molar-refractivity contribution in [2.45, 2.75) is 39.4 Å². The molecule has 1 atom stereocenters. The van der Waals surface area contributed by atoms with Crippen LogP contribution in [0, 0.1) is 13.8 Å². The monoisotopic (exact) mass is 425 g/mol. The van der Waals surface area contributed by atoms with Crippen LogP contribution in [-0.4, -0.2) is 50.1 Å². The van der Waals surface area contributed by atoms with Gasteiger partial charge in [0.2, 0.25) is 11.8 Å². The minimum absolute atomic E-state index is 0.103. The molecule has 0 spiro atoms. The van der Waals surface area contributed by atoms with Crippen molar-refractivity contribution in [3.05, 3.63) is 58.7 Å². The summed E-state index contributed by atoms with van der Waals surface area (Å²) >= 11 is 0. The predicted octanol–water partition coefficient (Wildman–Crippen LogP) is 2.33. The van der Waals surface area contributed by atoms with Crippen LogP contribution in [0.5, 0.6) is 11.5 Å². The van der Waals surface area contributed by atoms with Crippen LogP contribution in [0.3, 0.4) is 0 Å². The van der Waals surface area contributed by atoms with Gasteiger partial charge in [0.05, 0.1) is 26.7 Å². The highest BCUT2D eigenvalue weighted by Crippen LogP contribution is 2.26. The molecular weight excluding hydrogens is 394 g/mol. The lowest BCUT2D eigenvalue weighted by Gasteiger charge is -2.35. The lowest BCUT2D eigenvalue weighted by molar-refractivity contribution is -0.134. The Balaban J connectivity index is 1.64. The topological polar surface area (TPSA) is 79.9 Å². The molecule has 2 aromatic carbocycles. The standard InChI is InChI=1S/C24H31N3O4/c1-16-17(2)22(31-4)10-7-19(16)15-27-12-11-25-24(29)21(27)13-23(28)26-14-18-5-8-20(30-3)9-6-18/h5-10,21H,11-15H2,1-4H3,(H,25,29)(H,26,28). The Morgan fingerprint density at radius 1 is 1.10 bits per heavy atom. The van der Waals surface area contributed by atoms with E-state index in [4.69, 9.17) is 9.47 Å². The van der Waals surface area contributed by atoms with Crippen molar-refractivity contribution in [3.8, 4) is 11.5 Å². The highest BCUT2D eigenvalue weighted by Gasteiger charge is 2.31. The number of benzene rings is 2. The third-order valence-electron chi connectivity index (χ3n) is 5.91. The number of piperazine rings is 1. The molecule has 31 heavy (non-hydrogen) atoms. The molecule has 0 aliphatic carbocycles. The molecule has 1 fully saturated rings. The molecule has 166 valence electrons. The van der Waals surface area contributed by atoms with Gasteiger partial charge in [-0.25, -0.2) is 0 Å². The van der Waals surface area contributed by atoms with Gasteiger partial charge in [-0.05, 0) is 54.3 Å². The third-order valence-corrected chi connectivity index (χ3v) is 5.91. The van der Waals surface area contributed by atoms with E-state index in [1.807, 2.05) is 43.3 Å². The van der Waals surface area contributed by atoms with Crippen molar-refractivity contribution in [2.24, 2.45) is 0 Å². The fraction of sp³-hybridized carbons (Fsp3) is 0.417. The average Bonchev–Trinajstić information content (AvgIpc) is 2.78. The van der Waals surface area contributed by atoms with Crippen molar-refractivity contribution < 1.29 is 19.1 Å². The first kappa shape index (κ1) is 22.6. The SMILES string of the molecule is COc1ccc(CNC(=O)CC2C(=O)NCCN2Cc2ccc(OC)c(C)c2C)cc1. The van der Waals surface area contributed by atoms with E-state index in [0.717, 1.165) is 33.8 Å². The van der Waals surface area contributed by atoms with E-state index in [0.29, 0.717) is 26.2 Å². The second-order valence-electron chi connectivity index (χ2n) is 7.78. The minimum atomic E-state index is -0.494. The summed E-state index contributed by atoms with van der Waals surface area (Å²) in [5, 5.41) is 5.81. The van der Waals surface area contributed by atoms with Crippen LogP contribution in [0.2, 0.25) is 0 Å². The maximum atomic E-state index is 12.6. The molecular formula is C24H31N3O4. The zero-order valence-electron chi connectivity index (χ0n) is 18.7. The van der Waals surface area contributed by atoms with E-state index in [9.17, 15) is 9.59 Å². The summed E-state index contributed by atoms with van der Waals surface area (Å²) in [7, 11) is 3.28. The van der Waals surface area contributed by atoms with Crippen molar-refractivity contribution in [1.82, 2.24) is 15.5 Å². The largest absolute Gasteiger partial charge is 0.497 e. The number of rotatable bonds is 8. The molecule has 0 radical (unpaired) electrons. The summed E-state index contributed by atoms with van der Waals surface area (Å²) in [5.74, 6) is 1.37. The van der Waals surface area contributed by atoms with Gasteiger partial charge in [-0.3, -0.25) is 14.5 Å². The van der Waals surface area contributed by atoms with Gasteiger partial charge >= 0.3 is 0 Å². The molecule has 7 heteroatoms. The Kier molecular flexibility index (Phi) is 7.52. The Hall–Kier alpha value is -3.06. The number of carbonyl (C=O) groups is 2. The summed E-state index contributed by atoms with van der Waals surface area (Å²) < 4.78 is 10.6. The van der Waals surface area contributed by atoms with Crippen molar-refractivity contribution in [1.29, 1.82) is 0 Å². The van der Waals surface area contributed by atoms with Gasteiger partial charge in [-0.2, -0.15) is 0 Å². The second-order valence-corrected chi connectivity index (χ2v) is 7.78. The molecule has 0 aromatic heterocycles. The predicted molar refractivity (Wildman–Crippen MR) is 119 cm³/mol. The van der Waals surface area contributed by atoms with E-state index in [-0.39, 0.29) is 18.2 Å². The van der Waals surface area contributed by atoms with Crippen LogP contribution in [-0.2, 0) is 22.7 Å². The van der Waals surface area contributed by atoms with Crippen LogP contribution in [0.4, 0.5) is 0 Å². The smallest absolute Gasteiger partial charge is 0.237 e. The van der Waals surface area contributed by atoms with Crippen LogP contribution >= 0.6 is 0 Å². The van der Waals surface area contributed by atoms with Crippen LogP contribution in [0.25, 0.3) is 0 Å². The van der Waals surface area contributed by atoms with Crippen LogP contribution < -0.4 is 20.1 Å². The Morgan fingerprint density at radius 3 is 2.52 bits per heavy atom. The molecule has 2 aromatic rings. The molecule has 1 heterocycles. The summed E-state index contributed by atoms with van der Waals surface area (Å²) in [5.41, 5.74) is 4.35. The van der Waals surface area contributed by atoms with Gasteiger partial charge in [-0.15, -0.1) is 0 Å². The zero-order valence-corrected chi connectivity index (χ0v) is 18.7. The van der Waals surface area contributed by atoms with Gasteiger partial charge in [0, 0.05) is 26.2 Å². The number of ether oxygens (including phenoxy) is 2. The van der Waals surface area contributed by atoms with Crippen molar-refractivity contribution in [3.63, 3.8) is 0 Å². The fourth-order valence-electron chi connectivity index (χ4n) is 3.83. The van der Waals surface area contributed by atoms with E-state index in [1.165, 1.54) is 0 Å². The Morgan fingerprint density at radius 2 is 1.84 bits per heavy atom. The molecule has 0 saturated carbocycles. The number of methoxy groups -OCH3 is 2. The quantitative estimate of drug-likeness (QED) is 0.679. The van der Waals surface area contributed by atoms with Gasteiger partial charge in [0.15, 0.2) is 0 Å². The van der Waals surface area contributed by atoms with E-state index < -0.39 is 6.04 Å². The molecule has 1 unspecified atom stereocenters. The highest BCUT2D eigenvalue weighted by molar-refractivity contribution is 5.88. The maximum absolute atomic E-state index is 12.6. The van der Waals surface area contributed by atoms with E-state index in [2.05, 4.69) is 22.5 Å². The van der Waals surface area contributed by atoms with Crippen molar-refractivity contribution in [2.75, 3.05) is 27.3 Å². The summed E-state index contributed by atoms with van der Waals surface area (Å²) in [6, 6.07) is 11.0. The number of nitrogens with one attached hydrogen (secondary N) is 2. The van der Waals surface area contributed by atoms with Crippen molar-refractivity contribution >= 4 is 11.8 Å². The Labute approximate surface area is 183 Å². The number of hydrogen-bond donors (Lipinski definition) is 2. The highest BCUT2D eigenvalue weighted by atomic mass is 16.5. The molecule has 3 rings (SSSR count). The number of nitrogens with zero attached hydrogens (tertiary/aromatic N) is 1. The van der Waals surface area contributed by atoms with Gasteiger partial charge in [0.25, 0.3) is 0 Å². The van der Waals surface area contributed by atoms with Crippen LogP contribution in [0.15, 0.2) is 36.4 Å². The number of hydrogen-bond acceptors (Lipinski definition) is 5. The van der Waals surface area contributed by atoms with Gasteiger partial charge in [-0.1, -0.05) is 18.2 Å². The minimum Gasteiger partial charge on any atom is -0.497 e. The summed E-state index contributed by atoms with van der Waals surface area (Å²) in [6.07, 6.45) is 0.121. The third kappa shape index (κ3) is 5.55. The number of amides is 2. The normalized spacial score (nSPS) is 16.5.